The number of hydrogen-bond acceptors (Lipinski definition) is 4. The molecule has 3 aromatic carbocycles. The molecule has 0 N–H and O–H groups in total. The Bertz CT molecular complexity index is 1350. The van der Waals surface area contributed by atoms with Gasteiger partial charge in [0.25, 0.3) is 5.91 Å². The molecule has 1 aliphatic heterocycles. The van der Waals surface area contributed by atoms with Gasteiger partial charge in [-0.1, -0.05) is 54.1 Å². The van der Waals surface area contributed by atoms with Crippen LogP contribution in [-0.2, 0) is 11.3 Å². The van der Waals surface area contributed by atoms with Gasteiger partial charge in [-0.3, -0.25) is 9.59 Å². The SMILES string of the molecule is Cc1ccc2oc(C(=O)N(Cc3cccc4ccccc34)C[C@@H]3CCCO3)cc(=O)c2c1. The summed E-state index contributed by atoms with van der Waals surface area (Å²) in [5.41, 5.74) is 2.24. The summed E-state index contributed by atoms with van der Waals surface area (Å²) in [7, 11) is 0. The first-order valence-electron chi connectivity index (χ1n) is 11.0. The summed E-state index contributed by atoms with van der Waals surface area (Å²) in [4.78, 5) is 28.0. The van der Waals surface area contributed by atoms with Crippen LogP contribution in [0.1, 0.15) is 34.5 Å². The minimum Gasteiger partial charge on any atom is -0.451 e. The summed E-state index contributed by atoms with van der Waals surface area (Å²) >= 11 is 0. The van der Waals surface area contributed by atoms with Crippen LogP contribution in [0.4, 0.5) is 0 Å². The molecule has 0 spiro atoms. The standard InChI is InChI=1S/C27H25NO4/c1-18-11-12-25-23(14-18)24(29)15-26(32-25)27(30)28(17-21-9-5-13-31-21)16-20-8-4-7-19-6-2-3-10-22(19)20/h2-4,6-8,10-12,14-15,21H,5,9,13,16-17H2,1H3/t21-/m0/s1. The third-order valence-corrected chi connectivity index (χ3v) is 6.07. The molecular formula is C27H25NO4. The van der Waals surface area contributed by atoms with Gasteiger partial charge in [0.05, 0.1) is 11.5 Å². The topological polar surface area (TPSA) is 59.8 Å². The van der Waals surface area contributed by atoms with Crippen molar-refractivity contribution in [2.45, 2.75) is 32.4 Å². The lowest BCUT2D eigenvalue weighted by atomic mass is 10.0. The van der Waals surface area contributed by atoms with Crippen molar-refractivity contribution in [2.24, 2.45) is 0 Å². The van der Waals surface area contributed by atoms with Gasteiger partial charge in [0, 0.05) is 25.8 Å². The van der Waals surface area contributed by atoms with Gasteiger partial charge in [-0.2, -0.15) is 0 Å². The average Bonchev–Trinajstić information content (AvgIpc) is 3.32. The number of hydrogen-bond donors (Lipinski definition) is 0. The molecule has 0 unspecified atom stereocenters. The lowest BCUT2D eigenvalue weighted by molar-refractivity contribution is 0.0485. The fraction of sp³-hybridized carbons (Fsp3) is 0.259. The molecule has 2 heterocycles. The van der Waals surface area contributed by atoms with Crippen LogP contribution in [0, 0.1) is 6.92 Å². The van der Waals surface area contributed by atoms with E-state index < -0.39 is 0 Å². The van der Waals surface area contributed by atoms with Gasteiger partial charge in [0.1, 0.15) is 5.58 Å². The second-order valence-electron chi connectivity index (χ2n) is 8.43. The molecule has 0 saturated carbocycles. The number of rotatable bonds is 5. The molecule has 1 fully saturated rings. The van der Waals surface area contributed by atoms with E-state index in [1.807, 2.05) is 37.3 Å². The van der Waals surface area contributed by atoms with Gasteiger partial charge in [-0.25, -0.2) is 0 Å². The van der Waals surface area contributed by atoms with Gasteiger partial charge in [-0.15, -0.1) is 0 Å². The van der Waals surface area contributed by atoms with Gasteiger partial charge >= 0.3 is 0 Å². The highest BCUT2D eigenvalue weighted by atomic mass is 16.5. The zero-order valence-electron chi connectivity index (χ0n) is 18.0. The Hall–Kier alpha value is -3.44. The van der Waals surface area contributed by atoms with Crippen LogP contribution >= 0.6 is 0 Å². The zero-order valence-corrected chi connectivity index (χ0v) is 18.0. The number of carbonyl (C=O) groups excluding carboxylic acids is 1. The summed E-state index contributed by atoms with van der Waals surface area (Å²) in [6, 6.07) is 21.0. The second-order valence-corrected chi connectivity index (χ2v) is 8.43. The third-order valence-electron chi connectivity index (χ3n) is 6.07. The average molecular weight is 428 g/mol. The molecule has 162 valence electrons. The van der Waals surface area contributed by atoms with Gasteiger partial charge < -0.3 is 14.1 Å². The van der Waals surface area contributed by atoms with Crippen LogP contribution in [0.15, 0.2) is 75.9 Å². The number of carbonyl (C=O) groups is 1. The van der Waals surface area contributed by atoms with Crippen molar-refractivity contribution in [3.63, 3.8) is 0 Å². The van der Waals surface area contributed by atoms with Crippen molar-refractivity contribution in [2.75, 3.05) is 13.2 Å². The second kappa shape index (κ2) is 8.60. The molecule has 32 heavy (non-hydrogen) atoms. The maximum atomic E-state index is 13.6. The molecule has 5 rings (SSSR count). The van der Waals surface area contributed by atoms with Gasteiger partial charge in [0.2, 0.25) is 0 Å². The Kier molecular flexibility index (Phi) is 5.50. The van der Waals surface area contributed by atoms with E-state index in [-0.39, 0.29) is 23.2 Å². The Morgan fingerprint density at radius 1 is 1.03 bits per heavy atom. The van der Waals surface area contributed by atoms with Crippen LogP contribution in [0.3, 0.4) is 0 Å². The van der Waals surface area contributed by atoms with E-state index in [1.54, 1.807) is 17.0 Å². The van der Waals surface area contributed by atoms with Crippen molar-refractivity contribution in [3.05, 3.63) is 93.8 Å². The number of benzene rings is 3. The fourth-order valence-corrected chi connectivity index (χ4v) is 4.42. The Labute approximate surface area is 186 Å². The van der Waals surface area contributed by atoms with Crippen LogP contribution in [0.2, 0.25) is 0 Å². The highest BCUT2D eigenvalue weighted by Gasteiger charge is 2.26. The molecule has 5 heteroatoms. The van der Waals surface area contributed by atoms with E-state index in [2.05, 4.69) is 18.2 Å². The van der Waals surface area contributed by atoms with Crippen LogP contribution in [0.5, 0.6) is 0 Å². The first kappa shape index (κ1) is 20.5. The first-order chi connectivity index (χ1) is 15.6. The van der Waals surface area contributed by atoms with E-state index in [4.69, 9.17) is 9.15 Å². The van der Waals surface area contributed by atoms with Gasteiger partial charge in [0.15, 0.2) is 11.2 Å². The van der Waals surface area contributed by atoms with Crippen molar-refractivity contribution >= 4 is 27.6 Å². The predicted octanol–water partition coefficient (Wildman–Crippen LogP) is 5.08. The number of nitrogens with zero attached hydrogens (tertiary/aromatic N) is 1. The molecule has 1 saturated heterocycles. The molecule has 1 aromatic heterocycles. The number of fused-ring (bicyclic) bond motifs is 2. The lowest BCUT2D eigenvalue weighted by Crippen LogP contribution is -2.37. The van der Waals surface area contributed by atoms with Crippen molar-refractivity contribution in [1.82, 2.24) is 4.90 Å². The molecule has 1 atom stereocenters. The monoisotopic (exact) mass is 427 g/mol. The minimum absolute atomic E-state index is 0.0104. The van der Waals surface area contributed by atoms with Crippen molar-refractivity contribution < 1.29 is 13.9 Å². The highest BCUT2D eigenvalue weighted by Crippen LogP contribution is 2.23. The number of amides is 1. The van der Waals surface area contributed by atoms with E-state index >= 15 is 0 Å². The quantitative estimate of drug-likeness (QED) is 0.446. The Balaban J connectivity index is 1.52. The molecule has 1 amide bonds. The largest absolute Gasteiger partial charge is 0.451 e. The van der Waals surface area contributed by atoms with Crippen molar-refractivity contribution in [3.8, 4) is 0 Å². The lowest BCUT2D eigenvalue weighted by Gasteiger charge is -2.26. The minimum atomic E-state index is -0.298. The Morgan fingerprint density at radius 3 is 2.72 bits per heavy atom. The Morgan fingerprint density at radius 2 is 1.88 bits per heavy atom. The number of aryl methyl sites for hydroxylation is 1. The van der Waals surface area contributed by atoms with Crippen LogP contribution in [-0.4, -0.2) is 30.1 Å². The maximum Gasteiger partial charge on any atom is 0.290 e. The van der Waals surface area contributed by atoms with Crippen molar-refractivity contribution in [1.29, 1.82) is 0 Å². The number of ether oxygens (including phenoxy) is 1. The first-order valence-corrected chi connectivity index (χ1v) is 11.0. The molecule has 5 nitrogen and oxygen atoms in total. The van der Waals surface area contributed by atoms with E-state index in [0.29, 0.717) is 30.7 Å². The smallest absolute Gasteiger partial charge is 0.290 e. The summed E-state index contributed by atoms with van der Waals surface area (Å²) < 4.78 is 11.7. The van der Waals surface area contributed by atoms with Crippen LogP contribution in [0.25, 0.3) is 21.7 Å². The highest BCUT2D eigenvalue weighted by molar-refractivity contribution is 5.94. The predicted molar refractivity (Wildman–Crippen MR) is 125 cm³/mol. The van der Waals surface area contributed by atoms with Crippen LogP contribution < -0.4 is 5.43 Å². The molecule has 0 radical (unpaired) electrons. The third kappa shape index (κ3) is 4.04. The molecule has 1 aliphatic rings. The summed E-state index contributed by atoms with van der Waals surface area (Å²) in [5.74, 6) is -0.238. The zero-order chi connectivity index (χ0) is 22.1. The van der Waals surface area contributed by atoms with E-state index in [0.717, 1.165) is 34.7 Å². The van der Waals surface area contributed by atoms with Gasteiger partial charge in [-0.05, 0) is 48.2 Å². The molecule has 0 bridgehead atoms. The summed E-state index contributed by atoms with van der Waals surface area (Å²) in [6.45, 7) is 3.50. The normalized spacial score (nSPS) is 16.0. The summed E-state index contributed by atoms with van der Waals surface area (Å²) in [6.07, 6.45) is 1.90. The molecule has 4 aromatic rings. The fourth-order valence-electron chi connectivity index (χ4n) is 4.42. The summed E-state index contributed by atoms with van der Waals surface area (Å²) in [5, 5.41) is 2.72. The van der Waals surface area contributed by atoms with E-state index in [9.17, 15) is 9.59 Å². The molecular weight excluding hydrogens is 402 g/mol. The van der Waals surface area contributed by atoms with E-state index in [1.165, 1.54) is 6.07 Å². The molecule has 0 aliphatic carbocycles. The maximum absolute atomic E-state index is 13.6.